The van der Waals surface area contributed by atoms with E-state index in [-0.39, 0.29) is 11.2 Å². The fourth-order valence-electron chi connectivity index (χ4n) is 3.53. The molecular formula is C23H34O2. The molecule has 1 aliphatic rings. The van der Waals surface area contributed by atoms with Gasteiger partial charge in [-0.1, -0.05) is 77.5 Å². The molecule has 1 N–H and O–H groups in total. The number of aliphatic hydroxyl groups excluding tert-OH is 1. The van der Waals surface area contributed by atoms with Gasteiger partial charge in [-0.2, -0.15) is 0 Å². The van der Waals surface area contributed by atoms with Crippen molar-refractivity contribution in [2.45, 2.75) is 78.7 Å². The summed E-state index contributed by atoms with van der Waals surface area (Å²) in [5.41, 5.74) is 3.42. The number of ketones is 1. The lowest BCUT2D eigenvalue weighted by molar-refractivity contribution is 0.0743. The number of rotatable bonds is 4. The topological polar surface area (TPSA) is 37.3 Å². The van der Waals surface area contributed by atoms with Crippen LogP contribution in [0.4, 0.5) is 0 Å². The first-order valence-electron chi connectivity index (χ1n) is 9.49. The van der Waals surface area contributed by atoms with Crippen molar-refractivity contribution in [1.29, 1.82) is 0 Å². The van der Waals surface area contributed by atoms with Crippen LogP contribution in [0, 0.1) is 11.3 Å². The van der Waals surface area contributed by atoms with Crippen LogP contribution >= 0.6 is 0 Å². The van der Waals surface area contributed by atoms with Gasteiger partial charge in [0, 0.05) is 12.0 Å². The van der Waals surface area contributed by atoms with Crippen LogP contribution in [0.15, 0.2) is 35.9 Å². The Kier molecular flexibility index (Phi) is 5.93. The Hall–Kier alpha value is -1.41. The van der Waals surface area contributed by atoms with Gasteiger partial charge in [0.2, 0.25) is 0 Å². The SMILES string of the molecule is CC(C)(C)c1ccc(C(=O)[C@@H](O)CC2=CC[C@@H](C(C)(C)C)CC2)cc1. The number of carbonyl (C=O) groups is 1. The Balaban J connectivity index is 1.98. The molecular weight excluding hydrogens is 308 g/mol. The maximum atomic E-state index is 12.5. The number of Topliss-reactive ketones (excluding diaryl/α,β-unsaturated/α-hetero) is 1. The summed E-state index contributed by atoms with van der Waals surface area (Å²) in [6, 6.07) is 7.68. The fraction of sp³-hybridized carbons (Fsp3) is 0.609. The van der Waals surface area contributed by atoms with E-state index >= 15 is 0 Å². The molecule has 138 valence electrons. The van der Waals surface area contributed by atoms with Gasteiger partial charge in [-0.25, -0.2) is 0 Å². The van der Waals surface area contributed by atoms with Gasteiger partial charge in [0.05, 0.1) is 0 Å². The Morgan fingerprint density at radius 2 is 1.72 bits per heavy atom. The maximum Gasteiger partial charge on any atom is 0.191 e. The molecule has 0 aromatic heterocycles. The highest BCUT2D eigenvalue weighted by Crippen LogP contribution is 2.38. The molecule has 0 unspecified atom stereocenters. The summed E-state index contributed by atoms with van der Waals surface area (Å²) in [4.78, 5) is 12.5. The largest absolute Gasteiger partial charge is 0.385 e. The van der Waals surface area contributed by atoms with Crippen molar-refractivity contribution < 1.29 is 9.90 Å². The standard InChI is InChI=1S/C23H34O2/c1-22(2,3)18-11-7-16(8-12-18)15-20(24)21(25)17-9-13-19(14-10-17)23(4,5)6/h7,9-10,13-14,18,20,24H,8,11-12,15H2,1-6H3/t18-,20+/m1/s1. The highest BCUT2D eigenvalue weighted by atomic mass is 16.3. The van der Waals surface area contributed by atoms with Crippen LogP contribution < -0.4 is 0 Å². The van der Waals surface area contributed by atoms with Crippen LogP contribution in [0.2, 0.25) is 0 Å². The molecule has 0 saturated heterocycles. The molecule has 1 aliphatic carbocycles. The minimum absolute atomic E-state index is 0.0662. The van der Waals surface area contributed by atoms with Gasteiger partial charge in [0.25, 0.3) is 0 Å². The molecule has 25 heavy (non-hydrogen) atoms. The second-order valence-electron chi connectivity index (χ2n) is 9.61. The predicted molar refractivity (Wildman–Crippen MR) is 105 cm³/mol. The van der Waals surface area contributed by atoms with Gasteiger partial charge < -0.3 is 5.11 Å². The van der Waals surface area contributed by atoms with Crippen molar-refractivity contribution in [3.05, 3.63) is 47.0 Å². The molecule has 0 saturated carbocycles. The molecule has 2 rings (SSSR count). The molecule has 1 aromatic rings. The molecule has 2 atom stereocenters. The second-order valence-corrected chi connectivity index (χ2v) is 9.61. The van der Waals surface area contributed by atoms with E-state index in [1.807, 2.05) is 24.3 Å². The molecule has 0 heterocycles. The highest BCUT2D eigenvalue weighted by Gasteiger charge is 2.27. The number of hydrogen-bond acceptors (Lipinski definition) is 2. The average molecular weight is 343 g/mol. The zero-order valence-electron chi connectivity index (χ0n) is 16.7. The van der Waals surface area contributed by atoms with E-state index in [1.165, 1.54) is 11.1 Å². The van der Waals surface area contributed by atoms with E-state index in [0.29, 0.717) is 23.3 Å². The first kappa shape index (κ1) is 19.9. The summed E-state index contributed by atoms with van der Waals surface area (Å²) in [5, 5.41) is 10.4. The third-order valence-electron chi connectivity index (χ3n) is 5.52. The highest BCUT2D eigenvalue weighted by molar-refractivity contribution is 5.99. The molecule has 0 spiro atoms. The zero-order chi connectivity index (χ0) is 18.8. The normalized spacial score (nSPS) is 20.1. The van der Waals surface area contributed by atoms with Crippen molar-refractivity contribution >= 4 is 5.78 Å². The first-order valence-corrected chi connectivity index (χ1v) is 9.49. The van der Waals surface area contributed by atoms with Gasteiger partial charge in [-0.3, -0.25) is 4.79 Å². The monoisotopic (exact) mass is 342 g/mol. The van der Waals surface area contributed by atoms with Crippen LogP contribution in [-0.4, -0.2) is 17.0 Å². The Morgan fingerprint density at radius 3 is 2.16 bits per heavy atom. The quantitative estimate of drug-likeness (QED) is 0.564. The number of allylic oxidation sites excluding steroid dienone is 1. The summed E-state index contributed by atoms with van der Waals surface area (Å²) in [7, 11) is 0. The average Bonchev–Trinajstić information content (AvgIpc) is 2.53. The molecule has 0 bridgehead atoms. The zero-order valence-corrected chi connectivity index (χ0v) is 16.7. The Bertz CT molecular complexity index is 624. The van der Waals surface area contributed by atoms with Gasteiger partial charge in [-0.05, 0) is 41.6 Å². The molecule has 0 radical (unpaired) electrons. The number of aliphatic hydroxyl groups is 1. The molecule has 0 fully saturated rings. The van der Waals surface area contributed by atoms with Crippen molar-refractivity contribution in [1.82, 2.24) is 0 Å². The smallest absolute Gasteiger partial charge is 0.191 e. The van der Waals surface area contributed by atoms with Crippen molar-refractivity contribution in [3.8, 4) is 0 Å². The maximum absolute atomic E-state index is 12.5. The summed E-state index contributed by atoms with van der Waals surface area (Å²) in [6.07, 6.45) is 4.99. The summed E-state index contributed by atoms with van der Waals surface area (Å²) >= 11 is 0. The van der Waals surface area contributed by atoms with Crippen LogP contribution in [-0.2, 0) is 5.41 Å². The van der Waals surface area contributed by atoms with Crippen LogP contribution in [0.25, 0.3) is 0 Å². The minimum atomic E-state index is -0.932. The lowest BCUT2D eigenvalue weighted by Gasteiger charge is -2.33. The van der Waals surface area contributed by atoms with Gasteiger partial charge in [0.15, 0.2) is 5.78 Å². The third kappa shape index (κ3) is 5.28. The second kappa shape index (κ2) is 7.45. The molecule has 2 nitrogen and oxygen atoms in total. The van der Waals surface area contributed by atoms with Gasteiger partial charge >= 0.3 is 0 Å². The molecule has 1 aromatic carbocycles. The molecule has 0 amide bonds. The summed E-state index contributed by atoms with van der Waals surface area (Å²) in [5.74, 6) is 0.522. The Labute approximate surface area is 153 Å². The van der Waals surface area contributed by atoms with Crippen molar-refractivity contribution in [2.24, 2.45) is 11.3 Å². The molecule has 2 heteroatoms. The van der Waals surface area contributed by atoms with Crippen LogP contribution in [0.1, 0.15) is 83.1 Å². The predicted octanol–water partition coefficient (Wildman–Crippen LogP) is 5.69. The third-order valence-corrected chi connectivity index (χ3v) is 5.52. The van der Waals surface area contributed by atoms with Crippen molar-refractivity contribution in [2.75, 3.05) is 0 Å². The van der Waals surface area contributed by atoms with Crippen LogP contribution in [0.3, 0.4) is 0 Å². The van der Waals surface area contributed by atoms with E-state index in [0.717, 1.165) is 19.3 Å². The lowest BCUT2D eigenvalue weighted by Crippen LogP contribution is -2.25. The van der Waals surface area contributed by atoms with Crippen molar-refractivity contribution in [3.63, 3.8) is 0 Å². The number of hydrogen-bond donors (Lipinski definition) is 1. The van der Waals surface area contributed by atoms with E-state index in [9.17, 15) is 9.90 Å². The Morgan fingerprint density at radius 1 is 1.12 bits per heavy atom. The van der Waals surface area contributed by atoms with E-state index in [4.69, 9.17) is 0 Å². The number of benzene rings is 1. The van der Waals surface area contributed by atoms with Crippen LogP contribution in [0.5, 0.6) is 0 Å². The van der Waals surface area contributed by atoms with Gasteiger partial charge in [0.1, 0.15) is 6.10 Å². The number of carbonyl (C=O) groups excluding carboxylic acids is 1. The van der Waals surface area contributed by atoms with E-state index < -0.39 is 6.10 Å². The van der Waals surface area contributed by atoms with E-state index in [1.54, 1.807) is 0 Å². The minimum Gasteiger partial charge on any atom is -0.385 e. The van der Waals surface area contributed by atoms with Gasteiger partial charge in [-0.15, -0.1) is 0 Å². The fourth-order valence-corrected chi connectivity index (χ4v) is 3.53. The summed E-state index contributed by atoms with van der Waals surface area (Å²) < 4.78 is 0. The van der Waals surface area contributed by atoms with E-state index in [2.05, 4.69) is 47.6 Å². The summed E-state index contributed by atoms with van der Waals surface area (Å²) in [6.45, 7) is 13.3. The molecule has 0 aliphatic heterocycles. The first-order chi connectivity index (χ1) is 11.5. The lowest BCUT2D eigenvalue weighted by atomic mass is 9.72.